The second kappa shape index (κ2) is 12.3. The molecule has 0 spiro atoms. The third-order valence-corrected chi connectivity index (χ3v) is 6.62. The van der Waals surface area contributed by atoms with Gasteiger partial charge < -0.3 is 74.7 Å². The summed E-state index contributed by atoms with van der Waals surface area (Å²) < 4.78 is 28.0. The van der Waals surface area contributed by atoms with E-state index in [1.54, 1.807) is 6.92 Å². The van der Waals surface area contributed by atoms with Crippen LogP contribution in [0.4, 0.5) is 0 Å². The lowest BCUT2D eigenvalue weighted by Crippen LogP contribution is -2.66. The first-order valence-electron chi connectivity index (χ1n) is 11.5. The first-order valence-corrected chi connectivity index (χ1v) is 11.5. The number of aliphatic hydroxyl groups is 10. The van der Waals surface area contributed by atoms with Gasteiger partial charge in [0.1, 0.15) is 73.2 Å². The summed E-state index contributed by atoms with van der Waals surface area (Å²) in [6.45, 7) is -0.365. The molecule has 3 rings (SSSR count). The highest BCUT2D eigenvalue weighted by atomic mass is 16.7. The zero-order valence-corrected chi connectivity index (χ0v) is 19.0. The van der Waals surface area contributed by atoms with Crippen LogP contribution >= 0.6 is 0 Å². The number of aliphatic hydroxyl groups excluding tert-OH is 10. The molecule has 3 saturated heterocycles. The van der Waals surface area contributed by atoms with Gasteiger partial charge in [0.15, 0.2) is 12.6 Å². The van der Waals surface area contributed by atoms with E-state index in [0.717, 1.165) is 0 Å². The summed E-state index contributed by atoms with van der Waals surface area (Å²) >= 11 is 0. The zero-order valence-electron chi connectivity index (χ0n) is 19.0. The Balaban J connectivity index is 1.86. The standard InChI is InChI=1S/C20H36O15/c1-2-6-17(34-19-15(29)13(27)10(24)7(3-21)32-19)18(12(26)9(5-23)31-6)35-20-16(30)14(28)11(25)8(4-22)33-20/h6-30H,2-5H2,1H3/t6-,7+,8+,9+,10+,11+,12+,13-,14-,15+,16+,17-,18-,19-,20-/m0/s1. The predicted octanol–water partition coefficient (Wildman–Crippen LogP) is -6.11. The molecule has 0 saturated carbocycles. The summed E-state index contributed by atoms with van der Waals surface area (Å²) in [6.07, 6.45) is -22.4. The molecule has 15 nitrogen and oxygen atoms in total. The van der Waals surface area contributed by atoms with Crippen LogP contribution in [0.25, 0.3) is 0 Å². The van der Waals surface area contributed by atoms with E-state index in [1.807, 2.05) is 0 Å². The highest BCUT2D eigenvalue weighted by Gasteiger charge is 2.53. The molecule has 0 unspecified atom stereocenters. The number of hydrogen-bond acceptors (Lipinski definition) is 15. The van der Waals surface area contributed by atoms with Crippen molar-refractivity contribution in [2.45, 2.75) is 105 Å². The molecule has 0 aromatic heterocycles. The quantitative estimate of drug-likeness (QED) is 0.144. The molecule has 3 fully saturated rings. The second-order valence-electron chi connectivity index (χ2n) is 8.89. The highest BCUT2D eigenvalue weighted by Crippen LogP contribution is 2.34. The molecule has 0 bridgehead atoms. The van der Waals surface area contributed by atoms with Gasteiger partial charge >= 0.3 is 0 Å². The monoisotopic (exact) mass is 516 g/mol. The minimum Gasteiger partial charge on any atom is -0.394 e. The normalized spacial score (nSPS) is 51.3. The van der Waals surface area contributed by atoms with E-state index >= 15 is 0 Å². The van der Waals surface area contributed by atoms with Gasteiger partial charge in [-0.25, -0.2) is 0 Å². The molecule has 15 atom stereocenters. The molecule has 15 heteroatoms. The van der Waals surface area contributed by atoms with Crippen molar-refractivity contribution in [3.63, 3.8) is 0 Å². The third-order valence-electron chi connectivity index (χ3n) is 6.62. The summed E-state index contributed by atoms with van der Waals surface area (Å²) in [6, 6.07) is 0. The van der Waals surface area contributed by atoms with Crippen molar-refractivity contribution in [1.82, 2.24) is 0 Å². The summed E-state index contributed by atoms with van der Waals surface area (Å²) in [7, 11) is 0. The number of ether oxygens (including phenoxy) is 5. The van der Waals surface area contributed by atoms with Crippen LogP contribution in [-0.4, -0.2) is 163 Å². The van der Waals surface area contributed by atoms with E-state index in [9.17, 15) is 51.1 Å². The Hall–Kier alpha value is -0.600. The number of rotatable bonds is 8. The second-order valence-corrected chi connectivity index (χ2v) is 8.89. The maximum absolute atomic E-state index is 10.8. The smallest absolute Gasteiger partial charge is 0.187 e. The molecule has 3 heterocycles. The molecular weight excluding hydrogens is 480 g/mol. The molecule has 0 radical (unpaired) electrons. The van der Waals surface area contributed by atoms with Crippen molar-refractivity contribution >= 4 is 0 Å². The molecule has 206 valence electrons. The fourth-order valence-corrected chi connectivity index (χ4v) is 4.47. The van der Waals surface area contributed by atoms with Crippen LogP contribution in [0.2, 0.25) is 0 Å². The van der Waals surface area contributed by atoms with Gasteiger partial charge in [0.05, 0.1) is 25.9 Å². The van der Waals surface area contributed by atoms with Gasteiger partial charge in [-0.3, -0.25) is 0 Å². The van der Waals surface area contributed by atoms with Gasteiger partial charge in [0.2, 0.25) is 0 Å². The third kappa shape index (κ3) is 5.79. The van der Waals surface area contributed by atoms with Crippen molar-refractivity contribution in [2.24, 2.45) is 0 Å². The van der Waals surface area contributed by atoms with Crippen LogP contribution in [0.1, 0.15) is 13.3 Å². The van der Waals surface area contributed by atoms with Crippen LogP contribution in [0, 0.1) is 0 Å². The largest absolute Gasteiger partial charge is 0.394 e. The topological polar surface area (TPSA) is 248 Å². The van der Waals surface area contributed by atoms with Gasteiger partial charge in [-0.15, -0.1) is 0 Å². The molecule has 35 heavy (non-hydrogen) atoms. The maximum atomic E-state index is 10.8. The molecule has 0 aliphatic carbocycles. The lowest BCUT2D eigenvalue weighted by molar-refractivity contribution is -0.371. The fourth-order valence-electron chi connectivity index (χ4n) is 4.47. The minimum atomic E-state index is -1.80. The van der Waals surface area contributed by atoms with E-state index < -0.39 is 112 Å². The van der Waals surface area contributed by atoms with Crippen molar-refractivity contribution in [3.8, 4) is 0 Å². The Morgan fingerprint density at radius 2 is 0.886 bits per heavy atom. The average Bonchev–Trinajstić information content (AvgIpc) is 2.86. The highest BCUT2D eigenvalue weighted by molar-refractivity contribution is 4.98. The van der Waals surface area contributed by atoms with Gasteiger partial charge in [0, 0.05) is 0 Å². The molecular formula is C20H36O15. The maximum Gasteiger partial charge on any atom is 0.187 e. The number of hydrogen-bond donors (Lipinski definition) is 10. The predicted molar refractivity (Wildman–Crippen MR) is 109 cm³/mol. The first-order chi connectivity index (χ1) is 16.6. The Morgan fingerprint density at radius 3 is 1.29 bits per heavy atom. The van der Waals surface area contributed by atoms with E-state index in [-0.39, 0.29) is 6.42 Å². The van der Waals surface area contributed by atoms with E-state index in [2.05, 4.69) is 0 Å². The van der Waals surface area contributed by atoms with Gasteiger partial charge in [0.25, 0.3) is 0 Å². The lowest BCUT2D eigenvalue weighted by atomic mass is 9.92. The molecule has 0 aromatic rings. The van der Waals surface area contributed by atoms with E-state index in [4.69, 9.17) is 23.7 Å². The Bertz CT molecular complexity index is 652. The summed E-state index contributed by atoms with van der Waals surface area (Å²) in [4.78, 5) is 0. The SMILES string of the molecule is CC[C@@H]1O[C@H](CO)[C@@H](O)[C@H](O[C@@H]2O[C@H](CO)[C@@H](O)[C@H](O)[C@H]2O)[C@H]1O[C@@H]1O[C@H](CO)[C@@H](O)[C@H](O)[C@H]1O. The Morgan fingerprint density at radius 1 is 0.486 bits per heavy atom. The fraction of sp³-hybridized carbons (Fsp3) is 1.00. The van der Waals surface area contributed by atoms with Gasteiger partial charge in [-0.2, -0.15) is 0 Å². The van der Waals surface area contributed by atoms with E-state index in [1.165, 1.54) is 0 Å². The van der Waals surface area contributed by atoms with Crippen LogP contribution in [0.3, 0.4) is 0 Å². The summed E-state index contributed by atoms with van der Waals surface area (Å²) in [5.74, 6) is 0. The van der Waals surface area contributed by atoms with E-state index in [0.29, 0.717) is 0 Å². The van der Waals surface area contributed by atoms with Crippen LogP contribution in [-0.2, 0) is 23.7 Å². The zero-order chi connectivity index (χ0) is 26.0. The average molecular weight is 516 g/mol. The molecule has 3 aliphatic heterocycles. The van der Waals surface area contributed by atoms with Crippen LogP contribution < -0.4 is 0 Å². The Labute approximate surface area is 200 Å². The van der Waals surface area contributed by atoms with Crippen molar-refractivity contribution in [1.29, 1.82) is 0 Å². The van der Waals surface area contributed by atoms with Crippen LogP contribution in [0.15, 0.2) is 0 Å². The van der Waals surface area contributed by atoms with Crippen LogP contribution in [0.5, 0.6) is 0 Å². The molecule has 0 amide bonds. The molecule has 3 aliphatic rings. The summed E-state index contributed by atoms with van der Waals surface area (Å²) in [5.41, 5.74) is 0. The van der Waals surface area contributed by atoms with Gasteiger partial charge in [-0.05, 0) is 6.42 Å². The lowest BCUT2D eigenvalue weighted by Gasteiger charge is -2.49. The summed E-state index contributed by atoms with van der Waals surface area (Å²) in [5, 5.41) is 100. The Kier molecular flexibility index (Phi) is 10.2. The van der Waals surface area contributed by atoms with Crippen molar-refractivity contribution < 1.29 is 74.7 Å². The minimum absolute atomic E-state index is 0.236. The van der Waals surface area contributed by atoms with Gasteiger partial charge in [-0.1, -0.05) is 6.92 Å². The van der Waals surface area contributed by atoms with Crippen molar-refractivity contribution in [3.05, 3.63) is 0 Å². The first kappa shape index (κ1) is 29.0. The van der Waals surface area contributed by atoms with Crippen molar-refractivity contribution in [2.75, 3.05) is 19.8 Å². The molecule has 0 aromatic carbocycles. The molecule has 10 N–H and O–H groups in total.